The van der Waals surface area contributed by atoms with Gasteiger partial charge in [-0.3, -0.25) is 4.79 Å². The Labute approximate surface area is 102 Å². The average Bonchev–Trinajstić information content (AvgIpc) is 2.29. The van der Waals surface area contributed by atoms with Crippen LogP contribution in [-0.2, 0) is 4.79 Å². The second-order valence-electron chi connectivity index (χ2n) is 4.12. The van der Waals surface area contributed by atoms with E-state index in [4.69, 9.17) is 10.5 Å². The molecule has 1 aromatic rings. The molecule has 0 aliphatic carbocycles. The van der Waals surface area contributed by atoms with Gasteiger partial charge in [-0.05, 0) is 31.9 Å². The minimum atomic E-state index is -0.00449. The van der Waals surface area contributed by atoms with Crippen molar-refractivity contribution in [3.8, 4) is 5.75 Å². The van der Waals surface area contributed by atoms with Crippen LogP contribution < -0.4 is 15.8 Å². The number of hydrogen-bond acceptors (Lipinski definition) is 3. The third kappa shape index (κ3) is 4.87. The highest BCUT2D eigenvalue weighted by Crippen LogP contribution is 2.23. The zero-order valence-corrected chi connectivity index (χ0v) is 10.4. The number of carbonyl (C=O) groups is 1. The zero-order valence-electron chi connectivity index (χ0n) is 10.4. The van der Waals surface area contributed by atoms with E-state index >= 15 is 0 Å². The molecular formula is C13H20N2O2. The maximum atomic E-state index is 11.7. The number of hydrogen-bond donors (Lipinski definition) is 2. The molecular weight excluding hydrogens is 216 g/mol. The van der Waals surface area contributed by atoms with Crippen molar-refractivity contribution in [1.82, 2.24) is 0 Å². The number of rotatable bonds is 6. The number of para-hydroxylation sites is 2. The molecule has 0 aliphatic rings. The van der Waals surface area contributed by atoms with Crippen molar-refractivity contribution in [1.29, 1.82) is 0 Å². The minimum Gasteiger partial charge on any atom is -0.495 e. The van der Waals surface area contributed by atoms with Crippen molar-refractivity contribution in [3.05, 3.63) is 24.3 Å². The summed E-state index contributed by atoms with van der Waals surface area (Å²) < 4.78 is 5.15. The number of nitrogens with one attached hydrogen (secondary N) is 1. The van der Waals surface area contributed by atoms with Gasteiger partial charge in [-0.25, -0.2) is 0 Å². The van der Waals surface area contributed by atoms with Crippen molar-refractivity contribution in [2.24, 2.45) is 5.73 Å². The van der Waals surface area contributed by atoms with Crippen molar-refractivity contribution in [3.63, 3.8) is 0 Å². The number of amides is 1. The van der Waals surface area contributed by atoms with E-state index in [2.05, 4.69) is 5.32 Å². The molecule has 3 N–H and O–H groups in total. The molecule has 0 saturated carbocycles. The summed E-state index contributed by atoms with van der Waals surface area (Å²) >= 11 is 0. The molecule has 0 fully saturated rings. The van der Waals surface area contributed by atoms with Crippen LogP contribution in [0.3, 0.4) is 0 Å². The van der Waals surface area contributed by atoms with E-state index in [1.165, 1.54) is 0 Å². The van der Waals surface area contributed by atoms with Gasteiger partial charge in [0.05, 0.1) is 12.8 Å². The molecule has 1 unspecified atom stereocenters. The van der Waals surface area contributed by atoms with E-state index in [9.17, 15) is 4.79 Å². The highest BCUT2D eigenvalue weighted by molar-refractivity contribution is 5.92. The average molecular weight is 236 g/mol. The lowest BCUT2D eigenvalue weighted by molar-refractivity contribution is -0.116. The standard InChI is InChI=1S/C13H20N2O2/c1-10(14)6-5-9-13(16)15-11-7-3-4-8-12(11)17-2/h3-4,7-8,10H,5-6,9,14H2,1-2H3,(H,15,16). The lowest BCUT2D eigenvalue weighted by Gasteiger charge is -2.10. The van der Waals surface area contributed by atoms with Crippen LogP contribution in [0.4, 0.5) is 5.69 Å². The molecule has 4 heteroatoms. The molecule has 94 valence electrons. The molecule has 0 spiro atoms. The SMILES string of the molecule is COc1ccccc1NC(=O)CCCC(C)N. The fourth-order valence-electron chi connectivity index (χ4n) is 1.55. The summed E-state index contributed by atoms with van der Waals surface area (Å²) in [7, 11) is 1.58. The van der Waals surface area contributed by atoms with Crippen molar-refractivity contribution in [2.45, 2.75) is 32.2 Å². The van der Waals surface area contributed by atoms with Crippen LogP contribution in [0.15, 0.2) is 24.3 Å². The monoisotopic (exact) mass is 236 g/mol. The summed E-state index contributed by atoms with van der Waals surface area (Å²) in [6.07, 6.45) is 2.15. The molecule has 0 aromatic heterocycles. The van der Waals surface area contributed by atoms with Crippen molar-refractivity contribution < 1.29 is 9.53 Å². The van der Waals surface area contributed by atoms with E-state index in [0.717, 1.165) is 12.8 Å². The zero-order chi connectivity index (χ0) is 12.7. The molecule has 1 rings (SSSR count). The number of methoxy groups -OCH3 is 1. The van der Waals surface area contributed by atoms with E-state index in [1.54, 1.807) is 7.11 Å². The fraction of sp³-hybridized carbons (Fsp3) is 0.462. The van der Waals surface area contributed by atoms with E-state index in [-0.39, 0.29) is 11.9 Å². The summed E-state index contributed by atoms with van der Waals surface area (Å²) in [4.78, 5) is 11.7. The van der Waals surface area contributed by atoms with Crippen molar-refractivity contribution >= 4 is 11.6 Å². The molecule has 0 bridgehead atoms. The molecule has 0 aliphatic heterocycles. The molecule has 1 atom stereocenters. The van der Waals surface area contributed by atoms with E-state index in [0.29, 0.717) is 17.9 Å². The van der Waals surface area contributed by atoms with Gasteiger partial charge in [0.1, 0.15) is 5.75 Å². The Kier molecular flexibility index (Phi) is 5.49. The molecule has 1 aromatic carbocycles. The molecule has 1 amide bonds. The van der Waals surface area contributed by atoms with Gasteiger partial charge in [0.15, 0.2) is 0 Å². The number of ether oxygens (including phenoxy) is 1. The van der Waals surface area contributed by atoms with Gasteiger partial charge in [-0.2, -0.15) is 0 Å². The second-order valence-corrected chi connectivity index (χ2v) is 4.12. The van der Waals surface area contributed by atoms with Gasteiger partial charge in [-0.1, -0.05) is 12.1 Å². The van der Waals surface area contributed by atoms with Gasteiger partial charge in [0, 0.05) is 12.5 Å². The van der Waals surface area contributed by atoms with E-state index < -0.39 is 0 Å². The van der Waals surface area contributed by atoms with Crippen LogP contribution in [-0.4, -0.2) is 19.1 Å². The molecule has 0 saturated heterocycles. The second kappa shape index (κ2) is 6.91. The predicted molar refractivity (Wildman–Crippen MR) is 69.1 cm³/mol. The number of carbonyl (C=O) groups excluding carboxylic acids is 1. The Morgan fingerprint density at radius 2 is 2.18 bits per heavy atom. The lowest BCUT2D eigenvalue weighted by atomic mass is 10.1. The number of nitrogens with two attached hydrogens (primary N) is 1. The Bertz CT molecular complexity index is 364. The largest absolute Gasteiger partial charge is 0.495 e. The molecule has 4 nitrogen and oxygen atoms in total. The minimum absolute atomic E-state index is 0.00449. The van der Waals surface area contributed by atoms with Gasteiger partial charge >= 0.3 is 0 Å². The third-order valence-corrected chi connectivity index (χ3v) is 2.44. The summed E-state index contributed by atoms with van der Waals surface area (Å²) in [5, 5.41) is 2.83. The number of benzene rings is 1. The van der Waals surface area contributed by atoms with Crippen LogP contribution >= 0.6 is 0 Å². The summed E-state index contributed by atoms with van der Waals surface area (Å²) in [6.45, 7) is 1.94. The Morgan fingerprint density at radius 3 is 2.82 bits per heavy atom. The number of anilines is 1. The molecule has 17 heavy (non-hydrogen) atoms. The van der Waals surface area contributed by atoms with Crippen LogP contribution in [0.25, 0.3) is 0 Å². The fourth-order valence-corrected chi connectivity index (χ4v) is 1.55. The van der Waals surface area contributed by atoms with Crippen LogP contribution in [0, 0.1) is 0 Å². The van der Waals surface area contributed by atoms with E-state index in [1.807, 2.05) is 31.2 Å². The third-order valence-electron chi connectivity index (χ3n) is 2.44. The maximum Gasteiger partial charge on any atom is 0.224 e. The predicted octanol–water partition coefficient (Wildman–Crippen LogP) is 2.15. The Hall–Kier alpha value is -1.55. The van der Waals surface area contributed by atoms with Crippen molar-refractivity contribution in [2.75, 3.05) is 12.4 Å². The molecule has 0 heterocycles. The highest BCUT2D eigenvalue weighted by atomic mass is 16.5. The lowest BCUT2D eigenvalue weighted by Crippen LogP contribution is -2.17. The first-order valence-corrected chi connectivity index (χ1v) is 5.82. The smallest absolute Gasteiger partial charge is 0.224 e. The van der Waals surface area contributed by atoms with Crippen LogP contribution in [0.1, 0.15) is 26.2 Å². The normalized spacial score (nSPS) is 11.9. The quantitative estimate of drug-likeness (QED) is 0.795. The first-order valence-electron chi connectivity index (χ1n) is 5.82. The van der Waals surface area contributed by atoms with Gasteiger partial charge in [0.2, 0.25) is 5.91 Å². The topological polar surface area (TPSA) is 64.3 Å². The van der Waals surface area contributed by atoms with Gasteiger partial charge < -0.3 is 15.8 Å². The molecule has 0 radical (unpaired) electrons. The maximum absolute atomic E-state index is 11.7. The Morgan fingerprint density at radius 1 is 1.47 bits per heavy atom. The van der Waals surface area contributed by atoms with Crippen LogP contribution in [0.5, 0.6) is 5.75 Å². The summed E-state index contributed by atoms with van der Waals surface area (Å²) in [5.74, 6) is 0.670. The summed E-state index contributed by atoms with van der Waals surface area (Å²) in [5.41, 5.74) is 6.33. The summed E-state index contributed by atoms with van der Waals surface area (Å²) in [6, 6.07) is 7.51. The highest BCUT2D eigenvalue weighted by Gasteiger charge is 2.06. The first kappa shape index (κ1) is 13.5. The van der Waals surface area contributed by atoms with Gasteiger partial charge in [0.25, 0.3) is 0 Å². The van der Waals surface area contributed by atoms with Gasteiger partial charge in [-0.15, -0.1) is 0 Å². The first-order chi connectivity index (χ1) is 8.13. The van der Waals surface area contributed by atoms with Crippen LogP contribution in [0.2, 0.25) is 0 Å². The Balaban J connectivity index is 2.45.